The van der Waals surface area contributed by atoms with E-state index in [1.165, 1.54) is 20.3 Å². The van der Waals surface area contributed by atoms with Gasteiger partial charge in [-0.1, -0.05) is 66.8 Å². The molecule has 3 aromatic carbocycles. The van der Waals surface area contributed by atoms with Gasteiger partial charge >= 0.3 is 0 Å². The molecule has 3 unspecified atom stereocenters. The van der Waals surface area contributed by atoms with E-state index in [1.807, 2.05) is 67.6 Å². The Bertz CT molecular complexity index is 1430. The van der Waals surface area contributed by atoms with E-state index >= 15 is 0 Å². The zero-order chi connectivity index (χ0) is 27.0. The van der Waals surface area contributed by atoms with E-state index in [1.54, 1.807) is 12.1 Å². The van der Waals surface area contributed by atoms with Gasteiger partial charge in [0, 0.05) is 23.6 Å². The molecule has 3 atom stereocenters. The summed E-state index contributed by atoms with van der Waals surface area (Å²) in [5.74, 6) is -1.58. The van der Waals surface area contributed by atoms with Crippen molar-refractivity contribution < 1.29 is 24.2 Å². The fourth-order valence-corrected chi connectivity index (χ4v) is 5.86. The Morgan fingerprint density at radius 3 is 2.39 bits per heavy atom. The Hall–Kier alpha value is -4.52. The number of hydrogen-bond donors (Lipinski definition) is 2. The van der Waals surface area contributed by atoms with Gasteiger partial charge in [0.15, 0.2) is 0 Å². The minimum atomic E-state index is -1.37. The number of hydrogen-bond acceptors (Lipinski definition) is 6. The molecule has 2 aliphatic rings. The summed E-state index contributed by atoms with van der Waals surface area (Å²) in [4.78, 5) is 28.6. The van der Waals surface area contributed by atoms with E-state index in [0.29, 0.717) is 34.7 Å². The first-order valence-corrected chi connectivity index (χ1v) is 12.4. The number of amides is 2. The zero-order valence-electron chi connectivity index (χ0n) is 21.6. The third kappa shape index (κ3) is 3.74. The van der Waals surface area contributed by atoms with Gasteiger partial charge in [-0.15, -0.1) is 0 Å². The van der Waals surface area contributed by atoms with Crippen LogP contribution < -0.4 is 14.9 Å². The molecule has 1 aliphatic carbocycles. The average molecular weight is 511 g/mol. The maximum Gasteiger partial charge on any atom is 0.260 e. The van der Waals surface area contributed by atoms with Gasteiger partial charge in [-0.3, -0.25) is 15.0 Å². The normalized spacial score (nSPS) is 22.5. The summed E-state index contributed by atoms with van der Waals surface area (Å²) in [5.41, 5.74) is 5.16. The molecule has 7 nitrogen and oxygen atoms in total. The monoisotopic (exact) mass is 510 g/mol. The van der Waals surface area contributed by atoms with Crippen LogP contribution >= 0.6 is 0 Å². The van der Waals surface area contributed by atoms with Crippen molar-refractivity contribution >= 4 is 17.5 Å². The fraction of sp³-hybridized carbons (Fsp3) is 0.226. The highest BCUT2D eigenvalue weighted by atomic mass is 16.5. The number of aryl methyl sites for hydroxylation is 1. The van der Waals surface area contributed by atoms with Gasteiger partial charge in [0.2, 0.25) is 0 Å². The molecular formula is C31H30N2O5. The molecule has 0 spiro atoms. The molecule has 1 saturated heterocycles. The minimum Gasteiger partial charge on any atom is -0.507 e. The fourth-order valence-electron chi connectivity index (χ4n) is 5.86. The number of nitrogens with one attached hydrogen (secondary N) is 1. The lowest BCUT2D eigenvalue weighted by Gasteiger charge is -2.43. The van der Waals surface area contributed by atoms with E-state index in [2.05, 4.69) is 12.0 Å². The Kier molecular flexibility index (Phi) is 6.45. The van der Waals surface area contributed by atoms with Gasteiger partial charge in [-0.25, -0.2) is 0 Å². The summed E-state index contributed by atoms with van der Waals surface area (Å²) in [7, 11) is 3.00. The van der Waals surface area contributed by atoms with Crippen LogP contribution in [0, 0.1) is 12.8 Å². The maximum atomic E-state index is 14.7. The van der Waals surface area contributed by atoms with E-state index in [9.17, 15) is 14.7 Å². The molecule has 0 radical (unpaired) electrons. The van der Waals surface area contributed by atoms with Crippen LogP contribution in [0.2, 0.25) is 0 Å². The summed E-state index contributed by atoms with van der Waals surface area (Å²) in [5, 5.41) is 12.4. The SMILES string of the molecule is C=CC1=CCC2C(=O)N(Nc3ccc(C)cc3)C(=O)C2(c2ccccc2)C1c1c(O)cc(OC)cc1OC. The molecule has 7 heteroatoms. The zero-order valence-corrected chi connectivity index (χ0v) is 21.6. The summed E-state index contributed by atoms with van der Waals surface area (Å²) in [6, 6.07) is 19.9. The molecule has 38 heavy (non-hydrogen) atoms. The van der Waals surface area contributed by atoms with Gasteiger partial charge < -0.3 is 14.6 Å². The van der Waals surface area contributed by atoms with E-state index in [-0.39, 0.29) is 11.7 Å². The Morgan fingerprint density at radius 1 is 1.05 bits per heavy atom. The van der Waals surface area contributed by atoms with Crippen molar-refractivity contribution in [2.45, 2.75) is 24.7 Å². The molecule has 0 aromatic heterocycles. The molecule has 1 fully saturated rings. The maximum absolute atomic E-state index is 14.7. The number of allylic oxidation sites excluding steroid dienone is 3. The second-order valence-electron chi connectivity index (χ2n) is 9.58. The Morgan fingerprint density at radius 2 is 1.76 bits per heavy atom. The predicted molar refractivity (Wildman–Crippen MR) is 145 cm³/mol. The highest BCUT2D eigenvalue weighted by Crippen LogP contribution is 2.60. The summed E-state index contributed by atoms with van der Waals surface area (Å²) >= 11 is 0. The summed E-state index contributed by atoms with van der Waals surface area (Å²) in [6.07, 6.45) is 3.94. The number of nitrogens with zero attached hydrogens (tertiary/aromatic N) is 1. The van der Waals surface area contributed by atoms with Crippen molar-refractivity contribution in [1.82, 2.24) is 5.01 Å². The van der Waals surface area contributed by atoms with Crippen LogP contribution in [0.5, 0.6) is 17.2 Å². The van der Waals surface area contributed by atoms with Crippen LogP contribution in [0.3, 0.4) is 0 Å². The van der Waals surface area contributed by atoms with Gasteiger partial charge in [0.25, 0.3) is 11.8 Å². The average Bonchev–Trinajstić information content (AvgIpc) is 3.16. The number of rotatable bonds is 7. The van der Waals surface area contributed by atoms with E-state index in [4.69, 9.17) is 9.47 Å². The van der Waals surface area contributed by atoms with Crippen molar-refractivity contribution in [2.24, 2.45) is 5.92 Å². The number of imide groups is 1. The quantitative estimate of drug-likeness (QED) is 0.421. The van der Waals surface area contributed by atoms with E-state index in [0.717, 1.165) is 16.1 Å². The van der Waals surface area contributed by atoms with Crippen molar-refractivity contribution in [3.63, 3.8) is 0 Å². The lowest BCUT2D eigenvalue weighted by atomic mass is 9.55. The number of benzene rings is 3. The molecular weight excluding hydrogens is 480 g/mol. The van der Waals surface area contributed by atoms with E-state index < -0.39 is 23.2 Å². The van der Waals surface area contributed by atoms with Crippen molar-refractivity contribution in [3.05, 3.63) is 108 Å². The second-order valence-corrected chi connectivity index (χ2v) is 9.58. The number of aromatic hydroxyl groups is 1. The van der Waals surface area contributed by atoms with Gasteiger partial charge in [-0.05, 0) is 36.6 Å². The van der Waals surface area contributed by atoms with Crippen LogP contribution in [-0.4, -0.2) is 36.1 Å². The topological polar surface area (TPSA) is 88.1 Å². The number of anilines is 1. The van der Waals surface area contributed by atoms with Crippen LogP contribution in [0.4, 0.5) is 5.69 Å². The molecule has 1 heterocycles. The highest BCUT2D eigenvalue weighted by Gasteiger charge is 2.66. The van der Waals surface area contributed by atoms with Crippen molar-refractivity contribution in [1.29, 1.82) is 0 Å². The van der Waals surface area contributed by atoms with Crippen molar-refractivity contribution in [3.8, 4) is 17.2 Å². The van der Waals surface area contributed by atoms with Crippen LogP contribution in [0.1, 0.15) is 29.0 Å². The lowest BCUT2D eigenvalue weighted by Crippen LogP contribution is -2.48. The number of carbonyl (C=O) groups excluding carboxylic acids is 2. The van der Waals surface area contributed by atoms with Gasteiger partial charge in [0.05, 0.1) is 31.2 Å². The number of phenols is 1. The molecule has 2 amide bonds. The summed E-state index contributed by atoms with van der Waals surface area (Å²) in [6.45, 7) is 5.99. The third-order valence-electron chi connectivity index (χ3n) is 7.62. The van der Waals surface area contributed by atoms with Gasteiger partial charge in [-0.2, -0.15) is 5.01 Å². The van der Waals surface area contributed by atoms with Crippen molar-refractivity contribution in [2.75, 3.05) is 19.6 Å². The summed E-state index contributed by atoms with van der Waals surface area (Å²) < 4.78 is 11.1. The number of hydrazine groups is 1. The Labute approximate surface area is 222 Å². The molecule has 3 aromatic rings. The lowest BCUT2D eigenvalue weighted by molar-refractivity contribution is -0.138. The highest BCUT2D eigenvalue weighted by molar-refractivity contribution is 6.13. The first-order chi connectivity index (χ1) is 18.4. The second kappa shape index (κ2) is 9.74. The number of phenolic OH excluding ortho intramolecular Hbond substituents is 1. The molecule has 1 aliphatic heterocycles. The first-order valence-electron chi connectivity index (χ1n) is 12.4. The number of ether oxygens (including phenoxy) is 2. The molecule has 5 rings (SSSR count). The number of methoxy groups -OCH3 is 2. The molecule has 194 valence electrons. The smallest absolute Gasteiger partial charge is 0.260 e. The number of carbonyl (C=O) groups is 2. The first kappa shape index (κ1) is 25.1. The van der Waals surface area contributed by atoms with Crippen LogP contribution in [0.15, 0.2) is 91.0 Å². The third-order valence-corrected chi connectivity index (χ3v) is 7.62. The Balaban J connectivity index is 1.77. The predicted octanol–water partition coefficient (Wildman–Crippen LogP) is 5.27. The minimum absolute atomic E-state index is 0.0971. The largest absolute Gasteiger partial charge is 0.507 e. The molecule has 0 saturated carbocycles. The standard InChI is InChI=1S/C31H30N2O5/c1-5-20-13-16-24-29(35)33(32-22-14-11-19(2)12-15-22)30(36)31(24,21-9-7-6-8-10-21)28(20)27-25(34)17-23(37-3)18-26(27)38-4/h5-15,17-18,24,28,32,34H,1,16H2,2-4H3. The van der Waals surface area contributed by atoms with Crippen LogP contribution in [-0.2, 0) is 15.0 Å². The van der Waals surface area contributed by atoms with Crippen LogP contribution in [0.25, 0.3) is 0 Å². The van der Waals surface area contributed by atoms with Gasteiger partial charge in [0.1, 0.15) is 17.2 Å². The molecule has 2 N–H and O–H groups in total. The number of fused-ring (bicyclic) bond motifs is 1. The molecule has 0 bridgehead atoms.